The molecule has 0 unspecified atom stereocenters. The average Bonchev–Trinajstić information content (AvgIpc) is 4.24. The number of para-hydroxylation sites is 5. The van der Waals surface area contributed by atoms with E-state index in [1.807, 2.05) is 0 Å². The fraction of sp³-hybridized carbons (Fsp3) is 0.0303. The smallest absolute Gasteiger partial charge is 0.135 e. The van der Waals surface area contributed by atoms with E-state index in [0.29, 0.717) is 0 Å². The molecule has 0 saturated carbocycles. The standard InChI is InChI=1S/C66H41N3O2/c1-7-19-57-47(13-1)48-14-2-8-20-58(48)67(57)44-27-31-65-55(38-44)53-36-40(25-29-63(53)70-65)42-33-43(35-46(34-42)69-61-23-11-5-17-51(61)52-18-6-12-24-62(52)69)41-26-30-64-54(37-41)56-39-45(28-32-66(56)71-64)68-59-21-9-3-15-49(59)50-16-4-10-22-60(50)68/h1-3,5-15,17-39H,4,16H2. The van der Waals surface area contributed by atoms with Crippen molar-refractivity contribution < 1.29 is 8.83 Å². The van der Waals surface area contributed by atoms with Crippen LogP contribution < -0.4 is 0 Å². The monoisotopic (exact) mass is 907 g/mol. The molecule has 0 atom stereocenters. The van der Waals surface area contributed by atoms with Crippen molar-refractivity contribution in [3.63, 3.8) is 0 Å². The minimum atomic E-state index is 0.864. The first-order valence-electron chi connectivity index (χ1n) is 24.5. The van der Waals surface area contributed by atoms with Gasteiger partial charge in [0.25, 0.3) is 0 Å². The van der Waals surface area contributed by atoms with Crippen LogP contribution in [0.2, 0.25) is 0 Å². The predicted molar refractivity (Wildman–Crippen MR) is 295 cm³/mol. The predicted octanol–water partition coefficient (Wildman–Crippen LogP) is 17.9. The van der Waals surface area contributed by atoms with Crippen molar-refractivity contribution in [3.8, 4) is 39.3 Å². The van der Waals surface area contributed by atoms with Crippen LogP contribution in [0, 0.1) is 0 Å². The minimum absolute atomic E-state index is 0.864. The number of hydrogen-bond acceptors (Lipinski definition) is 2. The third kappa shape index (κ3) is 5.63. The topological polar surface area (TPSA) is 41.1 Å². The van der Waals surface area contributed by atoms with Gasteiger partial charge in [-0.1, -0.05) is 109 Å². The van der Waals surface area contributed by atoms with Crippen LogP contribution in [0.3, 0.4) is 0 Å². The molecule has 71 heavy (non-hydrogen) atoms. The molecule has 1 aliphatic carbocycles. The lowest BCUT2D eigenvalue weighted by molar-refractivity contribution is 0.668. The Balaban J connectivity index is 0.896. The molecule has 5 aromatic heterocycles. The molecule has 0 fully saturated rings. The molecule has 10 aromatic carbocycles. The quantitative estimate of drug-likeness (QED) is 0.173. The van der Waals surface area contributed by atoms with Crippen LogP contribution in [0.15, 0.2) is 227 Å². The summed E-state index contributed by atoms with van der Waals surface area (Å²) in [6.07, 6.45) is 6.71. The van der Waals surface area contributed by atoms with Gasteiger partial charge in [0.1, 0.15) is 22.3 Å². The van der Waals surface area contributed by atoms with Gasteiger partial charge in [0.05, 0.1) is 27.6 Å². The maximum atomic E-state index is 6.59. The van der Waals surface area contributed by atoms with Crippen molar-refractivity contribution >= 4 is 104 Å². The van der Waals surface area contributed by atoms with Crippen molar-refractivity contribution in [2.45, 2.75) is 12.8 Å². The Kier molecular flexibility index (Phi) is 7.94. The molecular weight excluding hydrogens is 867 g/mol. The maximum Gasteiger partial charge on any atom is 0.135 e. The minimum Gasteiger partial charge on any atom is -0.456 e. The molecule has 1 aliphatic rings. The van der Waals surface area contributed by atoms with Gasteiger partial charge in [-0.3, -0.25) is 0 Å². The molecule has 0 bridgehead atoms. The van der Waals surface area contributed by atoms with Gasteiger partial charge in [-0.15, -0.1) is 0 Å². The summed E-state index contributed by atoms with van der Waals surface area (Å²) in [5, 5.41) is 10.6. The highest BCUT2D eigenvalue weighted by Gasteiger charge is 2.21. The van der Waals surface area contributed by atoms with E-state index in [-0.39, 0.29) is 0 Å². The van der Waals surface area contributed by atoms with E-state index in [1.54, 1.807) is 0 Å². The fourth-order valence-corrected chi connectivity index (χ4v) is 12.1. The lowest BCUT2D eigenvalue weighted by Gasteiger charge is -2.14. The number of aryl methyl sites for hydroxylation is 1. The van der Waals surface area contributed by atoms with Gasteiger partial charge < -0.3 is 22.5 Å². The van der Waals surface area contributed by atoms with Gasteiger partial charge in [0.2, 0.25) is 0 Å². The molecule has 5 heteroatoms. The summed E-state index contributed by atoms with van der Waals surface area (Å²) in [7, 11) is 0. The van der Waals surface area contributed by atoms with Crippen molar-refractivity contribution in [3.05, 3.63) is 230 Å². The molecule has 5 nitrogen and oxygen atoms in total. The van der Waals surface area contributed by atoms with Gasteiger partial charge in [-0.2, -0.15) is 0 Å². The molecule has 332 valence electrons. The third-order valence-electron chi connectivity index (χ3n) is 15.3. The molecule has 0 radical (unpaired) electrons. The van der Waals surface area contributed by atoms with E-state index < -0.39 is 0 Å². The Labute approximate surface area is 406 Å². The highest BCUT2D eigenvalue weighted by atomic mass is 16.3. The first kappa shape index (κ1) is 38.6. The van der Waals surface area contributed by atoms with Crippen LogP contribution in [-0.2, 0) is 6.42 Å². The summed E-state index contributed by atoms with van der Waals surface area (Å²) in [6.45, 7) is 0. The second kappa shape index (κ2) is 14.6. The highest BCUT2D eigenvalue weighted by Crippen LogP contribution is 2.42. The molecule has 0 saturated heterocycles. The molecule has 0 spiro atoms. The van der Waals surface area contributed by atoms with Crippen LogP contribution in [0.5, 0.6) is 0 Å². The molecular formula is C66H41N3O2. The Hall–Kier alpha value is -9.32. The van der Waals surface area contributed by atoms with Crippen LogP contribution >= 0.6 is 0 Å². The first-order chi connectivity index (χ1) is 35.2. The normalized spacial score (nSPS) is 12.9. The molecule has 5 heterocycles. The number of allylic oxidation sites excluding steroid dienone is 1. The summed E-state index contributed by atoms with van der Waals surface area (Å²) < 4.78 is 20.4. The second-order valence-corrected chi connectivity index (χ2v) is 19.2. The Morgan fingerprint density at radius 2 is 0.690 bits per heavy atom. The fourth-order valence-electron chi connectivity index (χ4n) is 12.1. The van der Waals surface area contributed by atoms with E-state index >= 15 is 0 Å². The summed E-state index contributed by atoms with van der Waals surface area (Å²) in [6, 6.07) is 77.3. The SMILES string of the molecule is C1=Cc2c(c3ccccc3n2-c2ccc3oc4ccc(-c5cc(-c6ccc7oc8ccc(-n9c%10ccccc%10c%10ccccc%109)cc8c7c6)cc(-n6c7ccccc7c7ccccc76)c5)cc4c3c2)CC1. The summed E-state index contributed by atoms with van der Waals surface area (Å²) >= 11 is 0. The van der Waals surface area contributed by atoms with Crippen LogP contribution in [0.1, 0.15) is 17.7 Å². The van der Waals surface area contributed by atoms with Crippen molar-refractivity contribution in [2.75, 3.05) is 0 Å². The number of rotatable bonds is 5. The van der Waals surface area contributed by atoms with E-state index in [4.69, 9.17) is 8.83 Å². The number of benzene rings is 10. The van der Waals surface area contributed by atoms with Crippen LogP contribution in [-0.4, -0.2) is 13.7 Å². The van der Waals surface area contributed by atoms with E-state index in [0.717, 1.165) is 96.0 Å². The van der Waals surface area contributed by atoms with E-state index in [1.165, 1.54) is 65.8 Å². The average molecular weight is 908 g/mol. The number of aromatic nitrogens is 3. The van der Waals surface area contributed by atoms with Crippen molar-refractivity contribution in [1.29, 1.82) is 0 Å². The summed E-state index contributed by atoms with van der Waals surface area (Å²) in [5.74, 6) is 0. The van der Waals surface area contributed by atoms with Crippen molar-refractivity contribution in [1.82, 2.24) is 13.7 Å². The molecule has 0 amide bonds. The largest absolute Gasteiger partial charge is 0.456 e. The Bertz CT molecular complexity index is 4670. The Morgan fingerprint density at radius 3 is 1.18 bits per heavy atom. The lowest BCUT2D eigenvalue weighted by Crippen LogP contribution is -2.00. The van der Waals surface area contributed by atoms with Gasteiger partial charge in [0, 0.05) is 71.2 Å². The van der Waals surface area contributed by atoms with E-state index in [2.05, 4.69) is 238 Å². The van der Waals surface area contributed by atoms with Crippen molar-refractivity contribution in [2.24, 2.45) is 0 Å². The van der Waals surface area contributed by atoms with Gasteiger partial charge in [-0.05, 0) is 156 Å². The Morgan fingerprint density at radius 1 is 0.296 bits per heavy atom. The number of furan rings is 2. The maximum absolute atomic E-state index is 6.59. The molecule has 16 rings (SSSR count). The number of hydrogen-bond donors (Lipinski definition) is 0. The zero-order valence-electron chi connectivity index (χ0n) is 38.4. The second-order valence-electron chi connectivity index (χ2n) is 19.2. The first-order valence-corrected chi connectivity index (χ1v) is 24.5. The number of fused-ring (bicyclic) bond motifs is 15. The van der Waals surface area contributed by atoms with Gasteiger partial charge in [0.15, 0.2) is 0 Å². The molecule has 0 N–H and O–H groups in total. The summed E-state index contributed by atoms with van der Waals surface area (Å²) in [4.78, 5) is 0. The van der Waals surface area contributed by atoms with Crippen LogP contribution in [0.25, 0.3) is 144 Å². The van der Waals surface area contributed by atoms with Crippen LogP contribution in [0.4, 0.5) is 0 Å². The zero-order chi connectivity index (χ0) is 46.3. The molecule has 0 aliphatic heterocycles. The highest BCUT2D eigenvalue weighted by molar-refractivity contribution is 6.13. The lowest BCUT2D eigenvalue weighted by atomic mass is 9.96. The third-order valence-corrected chi connectivity index (χ3v) is 15.3. The summed E-state index contributed by atoms with van der Waals surface area (Å²) in [5.41, 5.74) is 19.9. The molecule has 15 aromatic rings. The van der Waals surface area contributed by atoms with Gasteiger partial charge >= 0.3 is 0 Å². The number of nitrogens with zero attached hydrogens (tertiary/aromatic N) is 3. The van der Waals surface area contributed by atoms with Gasteiger partial charge in [-0.25, -0.2) is 0 Å². The van der Waals surface area contributed by atoms with E-state index in [9.17, 15) is 0 Å². The zero-order valence-corrected chi connectivity index (χ0v) is 38.4.